The van der Waals surface area contributed by atoms with Gasteiger partial charge in [0.15, 0.2) is 41.0 Å². The molecule has 0 radical (unpaired) electrons. The van der Waals surface area contributed by atoms with Gasteiger partial charge in [0.25, 0.3) is 0 Å². The Labute approximate surface area is 142 Å². The van der Waals surface area contributed by atoms with E-state index in [-0.39, 0.29) is 12.5 Å². The SMILES string of the molecule is CC(=O)C(O)[C@H]1O[C@H](OCCCl)[C@@H](F)[C@](O)(C(C)=O)[C@@]1(O)C(C)=O. The average molecular weight is 371 g/mol. The van der Waals surface area contributed by atoms with E-state index in [0.29, 0.717) is 0 Å². The van der Waals surface area contributed by atoms with Gasteiger partial charge in [0.1, 0.15) is 12.2 Å². The van der Waals surface area contributed by atoms with Crippen LogP contribution in [0, 0.1) is 0 Å². The van der Waals surface area contributed by atoms with Crippen molar-refractivity contribution in [2.45, 2.75) is 56.6 Å². The van der Waals surface area contributed by atoms with E-state index in [9.17, 15) is 34.1 Å². The van der Waals surface area contributed by atoms with Crippen LogP contribution in [0.3, 0.4) is 0 Å². The van der Waals surface area contributed by atoms with Crippen LogP contribution < -0.4 is 0 Å². The Morgan fingerprint density at radius 1 is 1.21 bits per heavy atom. The molecule has 0 aromatic rings. The summed E-state index contributed by atoms with van der Waals surface area (Å²) in [6, 6.07) is 0. The minimum atomic E-state index is -3.28. The molecule has 1 heterocycles. The van der Waals surface area contributed by atoms with Gasteiger partial charge in [-0.2, -0.15) is 0 Å². The van der Waals surface area contributed by atoms with Crippen molar-refractivity contribution in [2.75, 3.05) is 12.5 Å². The van der Waals surface area contributed by atoms with Gasteiger partial charge < -0.3 is 24.8 Å². The molecule has 1 aliphatic heterocycles. The highest BCUT2D eigenvalue weighted by Gasteiger charge is 2.72. The first-order valence-corrected chi connectivity index (χ1v) is 7.62. The molecule has 0 spiro atoms. The number of carbonyl (C=O) groups excluding carboxylic acids is 3. The molecular weight excluding hydrogens is 351 g/mol. The lowest BCUT2D eigenvalue weighted by Gasteiger charge is -2.52. The Morgan fingerprint density at radius 3 is 2.08 bits per heavy atom. The fraction of sp³-hybridized carbons (Fsp3) is 0.786. The summed E-state index contributed by atoms with van der Waals surface area (Å²) in [7, 11) is 0. The maximum Gasteiger partial charge on any atom is 0.197 e. The molecular formula is C14H20ClFO8. The number of aliphatic hydroxyl groups is 3. The van der Waals surface area contributed by atoms with Gasteiger partial charge in [-0.25, -0.2) is 4.39 Å². The molecule has 0 saturated carbocycles. The van der Waals surface area contributed by atoms with Gasteiger partial charge in [0.2, 0.25) is 0 Å². The van der Waals surface area contributed by atoms with Gasteiger partial charge in [-0.1, -0.05) is 0 Å². The standard InChI is InChI=1S/C14H20ClFO8/c1-6(17)9(20)11-14(22,8(3)19)13(21,7(2)18)10(16)12(24-11)23-5-4-15/h9-12,20-22H,4-5H2,1-3H3/t9?,10-,11-,12+,13-,14-/m1/s1. The zero-order chi connectivity index (χ0) is 18.9. The van der Waals surface area contributed by atoms with E-state index < -0.39 is 53.2 Å². The molecule has 24 heavy (non-hydrogen) atoms. The van der Waals surface area contributed by atoms with E-state index >= 15 is 0 Å². The van der Waals surface area contributed by atoms with Crippen molar-refractivity contribution in [3.63, 3.8) is 0 Å². The Balaban J connectivity index is 3.52. The quantitative estimate of drug-likeness (QED) is 0.481. The van der Waals surface area contributed by atoms with Crippen molar-refractivity contribution in [3.05, 3.63) is 0 Å². The maximum absolute atomic E-state index is 14.7. The fourth-order valence-electron chi connectivity index (χ4n) is 2.67. The summed E-state index contributed by atoms with van der Waals surface area (Å²) in [6.45, 7) is 2.20. The van der Waals surface area contributed by atoms with Crippen LogP contribution in [0.2, 0.25) is 0 Å². The monoisotopic (exact) mass is 370 g/mol. The van der Waals surface area contributed by atoms with Crippen molar-refractivity contribution in [1.82, 2.24) is 0 Å². The minimum absolute atomic E-state index is 0.0814. The van der Waals surface area contributed by atoms with Crippen molar-refractivity contribution < 1.29 is 43.6 Å². The van der Waals surface area contributed by atoms with Gasteiger partial charge >= 0.3 is 0 Å². The molecule has 3 N–H and O–H groups in total. The fourth-order valence-corrected chi connectivity index (χ4v) is 2.76. The second-order valence-electron chi connectivity index (χ2n) is 5.59. The van der Waals surface area contributed by atoms with Gasteiger partial charge in [-0.3, -0.25) is 14.4 Å². The molecule has 1 aliphatic rings. The Kier molecular flexibility index (Phi) is 6.59. The number of Topliss-reactive ketones (excluding diaryl/α,β-unsaturated/α-hetero) is 3. The van der Waals surface area contributed by atoms with Gasteiger partial charge in [-0.05, 0) is 20.8 Å². The molecule has 1 fully saturated rings. The average Bonchev–Trinajstić information content (AvgIpc) is 2.50. The Morgan fingerprint density at radius 2 is 1.71 bits per heavy atom. The summed E-state index contributed by atoms with van der Waals surface area (Å²) in [6.07, 6.45) is -8.83. The van der Waals surface area contributed by atoms with Crippen LogP contribution >= 0.6 is 11.6 Å². The van der Waals surface area contributed by atoms with E-state index in [4.69, 9.17) is 21.1 Å². The lowest BCUT2D eigenvalue weighted by atomic mass is 9.67. The van der Waals surface area contributed by atoms with Crippen LogP contribution in [0.25, 0.3) is 0 Å². The van der Waals surface area contributed by atoms with Crippen molar-refractivity contribution in [3.8, 4) is 0 Å². The molecule has 0 aliphatic carbocycles. The van der Waals surface area contributed by atoms with Gasteiger partial charge in [0, 0.05) is 5.88 Å². The molecule has 1 saturated heterocycles. The van der Waals surface area contributed by atoms with Crippen LogP contribution in [0.4, 0.5) is 4.39 Å². The predicted octanol–water partition coefficient (Wildman–Crippen LogP) is -1.11. The lowest BCUT2D eigenvalue weighted by Crippen LogP contribution is -2.80. The summed E-state index contributed by atoms with van der Waals surface area (Å²) in [4.78, 5) is 35.3. The van der Waals surface area contributed by atoms with Gasteiger partial charge in [-0.15, -0.1) is 11.6 Å². The molecule has 1 rings (SSSR count). The third kappa shape index (κ3) is 3.12. The first-order valence-electron chi connectivity index (χ1n) is 7.08. The van der Waals surface area contributed by atoms with Crippen LogP contribution in [0.15, 0.2) is 0 Å². The number of hydrogen-bond acceptors (Lipinski definition) is 8. The highest BCUT2D eigenvalue weighted by molar-refractivity contribution is 6.17. The largest absolute Gasteiger partial charge is 0.382 e. The Bertz CT molecular complexity index is 529. The number of ketones is 3. The number of carbonyl (C=O) groups is 3. The number of alkyl halides is 2. The normalized spacial score (nSPS) is 37.8. The molecule has 0 aromatic heterocycles. The molecule has 10 heteroatoms. The van der Waals surface area contributed by atoms with E-state index in [1.165, 1.54) is 0 Å². The second kappa shape index (κ2) is 7.51. The second-order valence-corrected chi connectivity index (χ2v) is 5.97. The number of hydrogen-bond donors (Lipinski definition) is 3. The highest BCUT2D eigenvalue weighted by atomic mass is 35.5. The molecule has 0 bridgehead atoms. The molecule has 0 aromatic carbocycles. The third-order valence-corrected chi connectivity index (χ3v) is 4.20. The van der Waals surface area contributed by atoms with Crippen molar-refractivity contribution >= 4 is 29.0 Å². The summed E-state index contributed by atoms with van der Waals surface area (Å²) >= 11 is 5.42. The molecule has 138 valence electrons. The third-order valence-electron chi connectivity index (χ3n) is 4.05. The summed E-state index contributed by atoms with van der Waals surface area (Å²) in [5.74, 6) is -3.57. The van der Waals surface area contributed by atoms with Crippen LogP contribution in [-0.2, 0) is 23.9 Å². The van der Waals surface area contributed by atoms with E-state index in [0.717, 1.165) is 20.8 Å². The van der Waals surface area contributed by atoms with E-state index in [1.807, 2.05) is 0 Å². The summed E-state index contributed by atoms with van der Waals surface area (Å²) < 4.78 is 24.7. The molecule has 8 nitrogen and oxygen atoms in total. The molecule has 6 atom stereocenters. The van der Waals surface area contributed by atoms with Gasteiger partial charge in [0.05, 0.1) is 6.61 Å². The van der Waals surface area contributed by atoms with E-state index in [2.05, 4.69) is 0 Å². The highest BCUT2D eigenvalue weighted by Crippen LogP contribution is 2.43. The number of rotatable bonds is 7. The maximum atomic E-state index is 14.7. The van der Waals surface area contributed by atoms with E-state index in [1.54, 1.807) is 0 Å². The zero-order valence-corrected chi connectivity index (χ0v) is 14.1. The molecule has 0 amide bonds. The van der Waals surface area contributed by atoms with Crippen molar-refractivity contribution in [2.24, 2.45) is 0 Å². The minimum Gasteiger partial charge on any atom is -0.382 e. The van der Waals surface area contributed by atoms with Crippen molar-refractivity contribution in [1.29, 1.82) is 0 Å². The summed E-state index contributed by atoms with van der Waals surface area (Å²) in [5, 5.41) is 31.2. The lowest BCUT2D eigenvalue weighted by molar-refractivity contribution is -0.336. The first kappa shape index (κ1) is 21.1. The number of ether oxygens (including phenoxy) is 2. The van der Waals surface area contributed by atoms with Crippen LogP contribution in [-0.4, -0.2) is 81.0 Å². The van der Waals surface area contributed by atoms with Crippen LogP contribution in [0.5, 0.6) is 0 Å². The molecule has 1 unspecified atom stereocenters. The summed E-state index contributed by atoms with van der Waals surface area (Å²) in [5.41, 5.74) is -6.47. The Hall–Kier alpha value is -0.970. The number of aliphatic hydroxyl groups excluding tert-OH is 1. The first-order chi connectivity index (χ1) is 11.0. The zero-order valence-electron chi connectivity index (χ0n) is 13.4. The number of halogens is 2. The van der Waals surface area contributed by atoms with Crippen LogP contribution in [0.1, 0.15) is 20.8 Å². The smallest absolute Gasteiger partial charge is 0.197 e. The predicted molar refractivity (Wildman–Crippen MR) is 78.2 cm³/mol. The topological polar surface area (TPSA) is 130 Å².